The molecule has 2 atom stereocenters. The van der Waals surface area contributed by atoms with Gasteiger partial charge < -0.3 is 19.7 Å². The zero-order valence-corrected chi connectivity index (χ0v) is 18.7. The van der Waals surface area contributed by atoms with Crippen molar-refractivity contribution in [3.63, 3.8) is 0 Å². The molecule has 2 fully saturated rings. The summed E-state index contributed by atoms with van der Waals surface area (Å²) in [6.07, 6.45) is 2.42. The third-order valence-corrected chi connectivity index (χ3v) is 5.31. The zero-order valence-electron chi connectivity index (χ0n) is 14.8. The molecule has 1 spiro atoms. The van der Waals surface area contributed by atoms with Gasteiger partial charge in [-0.05, 0) is 38.0 Å². The second kappa shape index (κ2) is 9.41. The van der Waals surface area contributed by atoms with Crippen LogP contribution in [0.5, 0.6) is 5.75 Å². The lowest BCUT2D eigenvalue weighted by Gasteiger charge is -2.26. The number of halogens is 2. The maximum absolute atomic E-state index is 5.96. The Morgan fingerprint density at radius 3 is 3.00 bits per heavy atom. The van der Waals surface area contributed by atoms with E-state index in [2.05, 4.69) is 38.1 Å². The first-order chi connectivity index (χ1) is 11.6. The summed E-state index contributed by atoms with van der Waals surface area (Å²) in [5.74, 6) is 1.83. The molecule has 140 valence electrons. The van der Waals surface area contributed by atoms with Gasteiger partial charge in [0.25, 0.3) is 0 Å². The number of hydrogen-bond acceptors (Lipinski definition) is 3. The first-order valence-electron chi connectivity index (χ1n) is 8.56. The van der Waals surface area contributed by atoms with E-state index in [1.807, 2.05) is 31.3 Å². The van der Waals surface area contributed by atoms with E-state index in [4.69, 9.17) is 9.47 Å². The Bertz CT molecular complexity index is 593. The second-order valence-electron chi connectivity index (χ2n) is 6.79. The van der Waals surface area contributed by atoms with E-state index in [-0.39, 0.29) is 30.1 Å². The first-order valence-corrected chi connectivity index (χ1v) is 9.35. The van der Waals surface area contributed by atoms with Crippen LogP contribution in [0.25, 0.3) is 0 Å². The highest BCUT2D eigenvalue weighted by Crippen LogP contribution is 2.38. The number of rotatable bonds is 4. The molecule has 0 radical (unpaired) electrons. The molecule has 2 heterocycles. The lowest BCUT2D eigenvalue weighted by atomic mass is 9.87. The quantitative estimate of drug-likeness (QED) is 0.372. The molecule has 2 aliphatic heterocycles. The van der Waals surface area contributed by atoms with E-state index in [1.54, 1.807) is 0 Å². The molecule has 1 N–H and O–H groups in total. The molecule has 25 heavy (non-hydrogen) atoms. The number of nitrogens with zero attached hydrogens (tertiary/aromatic N) is 2. The van der Waals surface area contributed by atoms with Gasteiger partial charge in [0.05, 0.1) is 13.2 Å². The number of nitrogens with one attached hydrogen (secondary N) is 1. The normalized spacial score (nSPS) is 24.3. The molecule has 2 unspecified atom stereocenters. The summed E-state index contributed by atoms with van der Waals surface area (Å²) >= 11 is 3.47. The zero-order chi connectivity index (χ0) is 17.0. The lowest BCUT2D eigenvalue weighted by molar-refractivity contribution is 0.156. The molecule has 0 aliphatic carbocycles. The van der Waals surface area contributed by atoms with Gasteiger partial charge in [-0.1, -0.05) is 22.0 Å². The maximum Gasteiger partial charge on any atom is 0.193 e. The van der Waals surface area contributed by atoms with Crippen molar-refractivity contribution in [1.82, 2.24) is 10.2 Å². The van der Waals surface area contributed by atoms with E-state index in [1.165, 1.54) is 12.8 Å². The minimum Gasteiger partial charge on any atom is -0.489 e. The molecule has 1 aromatic rings. The molecule has 1 aromatic carbocycles. The highest BCUT2D eigenvalue weighted by Gasteiger charge is 2.42. The molecule has 3 rings (SSSR count). The Hall–Kier alpha value is -0.540. The number of ether oxygens (including phenoxy) is 2. The van der Waals surface area contributed by atoms with E-state index in [0.29, 0.717) is 5.41 Å². The van der Waals surface area contributed by atoms with Gasteiger partial charge in [-0.3, -0.25) is 4.99 Å². The van der Waals surface area contributed by atoms with E-state index in [9.17, 15) is 0 Å². The van der Waals surface area contributed by atoms with Crippen LogP contribution >= 0.6 is 39.9 Å². The van der Waals surface area contributed by atoms with E-state index >= 15 is 0 Å². The van der Waals surface area contributed by atoms with Crippen LogP contribution in [0.4, 0.5) is 0 Å². The van der Waals surface area contributed by atoms with Crippen LogP contribution < -0.4 is 10.1 Å². The Kier molecular flexibility index (Phi) is 7.82. The Balaban J connectivity index is 0.00000225. The minimum absolute atomic E-state index is 0. The number of aliphatic imine (C=N–C) groups is 1. The summed E-state index contributed by atoms with van der Waals surface area (Å²) < 4.78 is 12.6. The smallest absolute Gasteiger partial charge is 0.193 e. The SMILES string of the molecule is CN=C(NCC(C)Oc1cccc(Br)c1)N1CCC2(CCOC2)C1.I. The summed E-state index contributed by atoms with van der Waals surface area (Å²) in [5, 5.41) is 3.45. The van der Waals surface area contributed by atoms with Crippen LogP contribution in [-0.2, 0) is 4.74 Å². The monoisotopic (exact) mass is 523 g/mol. The van der Waals surface area contributed by atoms with Gasteiger partial charge in [-0.2, -0.15) is 0 Å². The molecule has 0 saturated carbocycles. The Labute approximate surface area is 175 Å². The predicted octanol–water partition coefficient (Wildman–Crippen LogP) is 3.52. The average Bonchev–Trinajstić information content (AvgIpc) is 3.19. The highest BCUT2D eigenvalue weighted by atomic mass is 127. The fraction of sp³-hybridized carbons (Fsp3) is 0.611. The van der Waals surface area contributed by atoms with Crippen LogP contribution in [0.2, 0.25) is 0 Å². The predicted molar refractivity (Wildman–Crippen MR) is 115 cm³/mol. The standard InChI is InChI=1S/C18H26BrN3O2.HI/c1-14(24-16-5-3-4-15(19)10-16)11-21-17(20-2)22-8-6-18(12-22)7-9-23-13-18;/h3-5,10,14H,6-9,11-13H2,1-2H3,(H,20,21);1H. The Morgan fingerprint density at radius 1 is 1.48 bits per heavy atom. The fourth-order valence-corrected chi connectivity index (χ4v) is 3.85. The summed E-state index contributed by atoms with van der Waals surface area (Å²) in [6.45, 7) is 6.66. The van der Waals surface area contributed by atoms with Crippen molar-refractivity contribution >= 4 is 45.9 Å². The van der Waals surface area contributed by atoms with Crippen molar-refractivity contribution in [3.8, 4) is 5.75 Å². The average molecular weight is 524 g/mol. The van der Waals surface area contributed by atoms with E-state index < -0.39 is 0 Å². The topological polar surface area (TPSA) is 46.1 Å². The summed E-state index contributed by atoms with van der Waals surface area (Å²) in [6, 6.07) is 7.93. The summed E-state index contributed by atoms with van der Waals surface area (Å²) in [5.41, 5.74) is 0.343. The van der Waals surface area contributed by atoms with Crippen molar-refractivity contribution in [1.29, 1.82) is 0 Å². The van der Waals surface area contributed by atoms with Gasteiger partial charge in [0, 0.05) is 36.6 Å². The van der Waals surface area contributed by atoms with Gasteiger partial charge in [-0.25, -0.2) is 0 Å². The van der Waals surface area contributed by atoms with Gasteiger partial charge in [0.15, 0.2) is 5.96 Å². The number of likely N-dealkylation sites (tertiary alicyclic amines) is 1. The summed E-state index contributed by atoms with van der Waals surface area (Å²) in [4.78, 5) is 6.79. The third kappa shape index (κ3) is 5.47. The molecule has 2 saturated heterocycles. The molecular weight excluding hydrogens is 497 g/mol. The third-order valence-electron chi connectivity index (χ3n) is 4.82. The summed E-state index contributed by atoms with van der Waals surface area (Å²) in [7, 11) is 1.85. The molecular formula is C18H27BrIN3O2. The van der Waals surface area contributed by atoms with Gasteiger partial charge in [0.1, 0.15) is 11.9 Å². The van der Waals surface area contributed by atoms with Crippen LogP contribution in [0.3, 0.4) is 0 Å². The molecule has 0 aromatic heterocycles. The van der Waals surface area contributed by atoms with Crippen molar-refractivity contribution in [3.05, 3.63) is 28.7 Å². The number of hydrogen-bond donors (Lipinski definition) is 1. The molecule has 0 bridgehead atoms. The molecule has 0 amide bonds. The van der Waals surface area contributed by atoms with Gasteiger partial charge in [0.2, 0.25) is 0 Å². The van der Waals surface area contributed by atoms with Crippen molar-refractivity contribution in [2.45, 2.75) is 25.9 Å². The largest absolute Gasteiger partial charge is 0.489 e. The highest BCUT2D eigenvalue weighted by molar-refractivity contribution is 14.0. The first kappa shape index (κ1) is 20.8. The number of benzene rings is 1. The van der Waals surface area contributed by atoms with Crippen molar-refractivity contribution in [2.75, 3.05) is 39.9 Å². The van der Waals surface area contributed by atoms with Gasteiger partial charge >= 0.3 is 0 Å². The van der Waals surface area contributed by atoms with Crippen LogP contribution in [0, 0.1) is 5.41 Å². The van der Waals surface area contributed by atoms with Crippen molar-refractivity contribution in [2.24, 2.45) is 10.4 Å². The van der Waals surface area contributed by atoms with E-state index in [0.717, 1.165) is 49.0 Å². The molecule has 2 aliphatic rings. The van der Waals surface area contributed by atoms with Gasteiger partial charge in [-0.15, -0.1) is 24.0 Å². The maximum atomic E-state index is 5.96. The molecule has 7 heteroatoms. The Morgan fingerprint density at radius 2 is 2.32 bits per heavy atom. The lowest BCUT2D eigenvalue weighted by Crippen LogP contribution is -2.44. The van der Waals surface area contributed by atoms with Crippen molar-refractivity contribution < 1.29 is 9.47 Å². The van der Waals surface area contributed by atoms with Crippen LogP contribution in [0.15, 0.2) is 33.7 Å². The van der Waals surface area contributed by atoms with Crippen LogP contribution in [0.1, 0.15) is 19.8 Å². The fourth-order valence-electron chi connectivity index (χ4n) is 3.47. The second-order valence-corrected chi connectivity index (χ2v) is 7.70. The van der Waals surface area contributed by atoms with Crippen LogP contribution in [-0.4, -0.2) is 56.9 Å². The molecule has 5 nitrogen and oxygen atoms in total. The minimum atomic E-state index is 0. The number of guanidine groups is 1.